The van der Waals surface area contributed by atoms with E-state index in [4.69, 9.17) is 23.4 Å². The number of hydrogen-bond donors (Lipinski definition) is 0. The number of nitrogens with zero attached hydrogens (tertiary/aromatic N) is 3. The monoisotopic (exact) mass is 533 g/mol. The number of benzene rings is 1. The highest BCUT2D eigenvalue weighted by Crippen LogP contribution is 2.43. The molecule has 0 amide bonds. The Morgan fingerprint density at radius 3 is 2.37 bits per heavy atom. The minimum atomic E-state index is -2.29. The maximum Gasteiger partial charge on any atom is 0.195 e. The van der Waals surface area contributed by atoms with Crippen LogP contribution in [0.3, 0.4) is 0 Å². The summed E-state index contributed by atoms with van der Waals surface area (Å²) >= 11 is 0. The van der Waals surface area contributed by atoms with Crippen molar-refractivity contribution in [3.8, 4) is 16.9 Å². The summed E-state index contributed by atoms with van der Waals surface area (Å²) in [6.45, 7) is 11.1. The van der Waals surface area contributed by atoms with Gasteiger partial charge >= 0.3 is 0 Å². The molecule has 0 saturated carbocycles. The van der Waals surface area contributed by atoms with Crippen molar-refractivity contribution in [2.75, 3.05) is 6.61 Å². The second kappa shape index (κ2) is 10.7. The first-order valence-corrected chi connectivity index (χ1v) is 15.9. The van der Waals surface area contributed by atoms with Crippen molar-refractivity contribution in [1.82, 2.24) is 0 Å². The summed E-state index contributed by atoms with van der Waals surface area (Å²) in [5, 5.41) is 4.11. The van der Waals surface area contributed by atoms with E-state index >= 15 is 0 Å². The molecule has 8 nitrogen and oxygen atoms in total. The number of azide groups is 1. The van der Waals surface area contributed by atoms with Gasteiger partial charge in [-0.05, 0) is 35.3 Å². The second-order valence-corrected chi connectivity index (χ2v) is 16.1. The van der Waals surface area contributed by atoms with Crippen LogP contribution in [0.15, 0.2) is 77.9 Å². The molecule has 1 aromatic carbocycles. The lowest BCUT2D eigenvalue weighted by Crippen LogP contribution is -2.65. The Labute approximate surface area is 224 Å². The van der Waals surface area contributed by atoms with Crippen molar-refractivity contribution >= 4 is 8.32 Å². The quantitative estimate of drug-likeness (QED) is 0.146. The number of rotatable bonds is 6. The van der Waals surface area contributed by atoms with Gasteiger partial charge in [0, 0.05) is 16.0 Å². The van der Waals surface area contributed by atoms with Crippen LogP contribution < -0.4 is 4.74 Å². The molecule has 2 aliphatic carbocycles. The molecule has 5 rings (SSSR count). The number of fused-ring (bicyclic) bond motifs is 2. The van der Waals surface area contributed by atoms with E-state index in [0.717, 1.165) is 16.7 Å². The fourth-order valence-electron chi connectivity index (χ4n) is 4.66. The van der Waals surface area contributed by atoms with Crippen LogP contribution in [0.5, 0.6) is 5.75 Å². The molecule has 0 bridgehead atoms. The van der Waals surface area contributed by atoms with Crippen molar-refractivity contribution in [2.45, 2.75) is 75.8 Å². The molecule has 0 spiro atoms. The van der Waals surface area contributed by atoms with Crippen molar-refractivity contribution < 1.29 is 23.4 Å². The summed E-state index contributed by atoms with van der Waals surface area (Å²) in [6.07, 6.45) is -3.06. The maximum atomic E-state index is 9.61. The molecule has 0 aromatic heterocycles. The molecule has 1 aromatic rings. The smallest absolute Gasteiger partial charge is 0.195 e. The molecule has 2 heterocycles. The molecule has 1 unspecified atom stereocenters. The fourth-order valence-corrected chi connectivity index (χ4v) is 5.79. The molecular weight excluding hydrogens is 498 g/mol. The largest absolute Gasteiger partial charge is 0.486 e. The van der Waals surface area contributed by atoms with Crippen LogP contribution in [0, 0.1) is 0 Å². The topological polar surface area (TPSA) is 94.9 Å². The molecule has 38 heavy (non-hydrogen) atoms. The molecule has 0 N–H and O–H groups in total. The van der Waals surface area contributed by atoms with Crippen molar-refractivity contribution in [3.63, 3.8) is 0 Å². The van der Waals surface area contributed by atoms with Gasteiger partial charge in [0.05, 0.1) is 6.61 Å². The van der Waals surface area contributed by atoms with E-state index in [1.807, 2.05) is 72.8 Å². The van der Waals surface area contributed by atoms with Gasteiger partial charge in [-0.2, -0.15) is 0 Å². The Kier molecular flexibility index (Phi) is 7.51. The molecule has 2 saturated heterocycles. The van der Waals surface area contributed by atoms with Crippen LogP contribution >= 0.6 is 0 Å². The maximum absolute atomic E-state index is 9.61. The highest BCUT2D eigenvalue weighted by Gasteiger charge is 2.54. The third-order valence-electron chi connectivity index (χ3n) is 7.80. The van der Waals surface area contributed by atoms with E-state index in [1.54, 1.807) is 0 Å². The van der Waals surface area contributed by atoms with Crippen LogP contribution in [0.25, 0.3) is 21.6 Å². The summed E-state index contributed by atoms with van der Waals surface area (Å²) in [5.41, 5.74) is 12.5. The van der Waals surface area contributed by atoms with Gasteiger partial charge < -0.3 is 23.4 Å². The van der Waals surface area contributed by atoms with E-state index in [1.165, 1.54) is 0 Å². The average Bonchev–Trinajstić information content (AvgIpc) is 3.10. The lowest BCUT2D eigenvalue weighted by atomic mass is 9.96. The van der Waals surface area contributed by atoms with Crippen LogP contribution in [0.2, 0.25) is 18.1 Å². The van der Waals surface area contributed by atoms with Crippen molar-refractivity contribution in [2.24, 2.45) is 5.11 Å². The van der Waals surface area contributed by atoms with Gasteiger partial charge in [0.25, 0.3) is 0 Å². The van der Waals surface area contributed by atoms with Gasteiger partial charge in [0.2, 0.25) is 0 Å². The zero-order chi connectivity index (χ0) is 26.9. The predicted molar refractivity (Wildman–Crippen MR) is 147 cm³/mol. The Morgan fingerprint density at radius 2 is 1.66 bits per heavy atom. The Bertz CT molecular complexity index is 1260. The van der Waals surface area contributed by atoms with E-state index in [0.29, 0.717) is 12.4 Å². The first-order valence-electron chi connectivity index (χ1n) is 13.0. The molecule has 6 atom stereocenters. The highest BCUT2D eigenvalue weighted by atomic mass is 28.4. The second-order valence-electron chi connectivity index (χ2n) is 11.4. The van der Waals surface area contributed by atoms with E-state index < -0.39 is 45.3 Å². The zero-order valence-electron chi connectivity index (χ0n) is 22.5. The Balaban J connectivity index is 1.52. The first-order chi connectivity index (χ1) is 18.2. The lowest BCUT2D eigenvalue weighted by Gasteiger charge is -2.50. The predicted octanol–water partition coefficient (Wildman–Crippen LogP) is 7.08. The Morgan fingerprint density at radius 1 is 0.947 bits per heavy atom. The van der Waals surface area contributed by atoms with Crippen molar-refractivity contribution in [3.05, 3.63) is 88.8 Å². The van der Waals surface area contributed by atoms with Gasteiger partial charge in [-0.15, -0.1) is 0 Å². The van der Waals surface area contributed by atoms with Gasteiger partial charge in [-0.1, -0.05) is 92.6 Å². The normalized spacial score (nSPS) is 27.8. The zero-order valence-corrected chi connectivity index (χ0v) is 23.5. The third kappa shape index (κ3) is 5.31. The average molecular weight is 534 g/mol. The summed E-state index contributed by atoms with van der Waals surface area (Å²) in [4.78, 5) is 3.18. The van der Waals surface area contributed by atoms with Gasteiger partial charge in [-0.3, -0.25) is 0 Å². The molecule has 200 valence electrons. The fraction of sp³-hybridized carbons (Fsp3) is 0.448. The van der Waals surface area contributed by atoms with Crippen molar-refractivity contribution in [1.29, 1.82) is 0 Å². The SMILES string of the molecule is CC(C)(C)[Si](C)(C)O[C@@H]1O[C@@H]2COC(c3ccccc3)O[C@H]2[C@H](Oc2ccc3cccccc2-3)[C@H]1N=[N+]=[N-]. The van der Waals surface area contributed by atoms with Gasteiger partial charge in [-0.25, -0.2) is 0 Å². The minimum absolute atomic E-state index is 0.0704. The van der Waals surface area contributed by atoms with E-state index in [9.17, 15) is 5.53 Å². The van der Waals surface area contributed by atoms with Crippen LogP contribution in [0.1, 0.15) is 32.6 Å². The molecule has 0 radical (unpaired) electrons. The summed E-state index contributed by atoms with van der Waals surface area (Å²) in [7, 11) is -2.29. The summed E-state index contributed by atoms with van der Waals surface area (Å²) in [6, 6.07) is 23.0. The van der Waals surface area contributed by atoms with Crippen LogP contribution in [0.4, 0.5) is 0 Å². The van der Waals surface area contributed by atoms with Gasteiger partial charge in [0.1, 0.15) is 30.1 Å². The molecule has 2 aliphatic heterocycles. The molecule has 9 heteroatoms. The van der Waals surface area contributed by atoms with E-state index in [-0.39, 0.29) is 5.04 Å². The van der Waals surface area contributed by atoms with E-state index in [2.05, 4.69) is 43.9 Å². The van der Waals surface area contributed by atoms with Gasteiger partial charge in [0.15, 0.2) is 20.9 Å². The Hall–Kier alpha value is -2.91. The summed E-state index contributed by atoms with van der Waals surface area (Å²) in [5.74, 6) is 0.692. The highest BCUT2D eigenvalue weighted by molar-refractivity contribution is 6.74. The summed E-state index contributed by atoms with van der Waals surface area (Å²) < 4.78 is 32.4. The lowest BCUT2D eigenvalue weighted by molar-refractivity contribution is -0.330. The van der Waals surface area contributed by atoms with Crippen LogP contribution in [-0.2, 0) is 18.6 Å². The molecular formula is C29H35N3O5Si. The minimum Gasteiger partial charge on any atom is -0.486 e. The number of hydrogen-bond acceptors (Lipinski definition) is 6. The molecule has 4 aliphatic rings. The van der Waals surface area contributed by atoms with Crippen LogP contribution in [-0.4, -0.2) is 45.6 Å². The number of ether oxygens (including phenoxy) is 4. The molecule has 2 fully saturated rings. The third-order valence-corrected chi connectivity index (χ3v) is 12.2. The standard InChI is InChI=1S/C29H35N3O5Si/c1-29(2,3)38(4,5)37-28-24(31-32-30)26(34-22-17-16-19-12-8-7-11-15-21(19)22)25-23(35-28)18-33-27(36-25)20-13-9-6-10-14-20/h6-17,23-28H,18H2,1-5H3/t23-,24-,25-,26-,27?,28+/m1/s1. The first kappa shape index (κ1) is 26.7.